The average molecular weight is 428 g/mol. The average Bonchev–Trinajstić information content (AvgIpc) is 2.84. The number of esters is 1. The van der Waals surface area contributed by atoms with Crippen LogP contribution in [-0.2, 0) is 11.3 Å². The molecule has 0 fully saturated rings. The number of fused-ring (bicyclic) bond motifs is 1. The first-order valence-corrected chi connectivity index (χ1v) is 10.1. The number of ether oxygens (including phenoxy) is 2. The highest BCUT2D eigenvalue weighted by Gasteiger charge is 2.28. The summed E-state index contributed by atoms with van der Waals surface area (Å²) in [6.45, 7) is 1.94. The van der Waals surface area contributed by atoms with Gasteiger partial charge < -0.3 is 14.7 Å². The molecule has 1 heterocycles. The second-order valence-electron chi connectivity index (χ2n) is 6.92. The predicted octanol–water partition coefficient (Wildman–Crippen LogP) is 3.85. The van der Waals surface area contributed by atoms with Crippen LogP contribution in [0.4, 0.5) is 0 Å². The Labute approximate surface area is 184 Å². The summed E-state index contributed by atoms with van der Waals surface area (Å²) in [4.78, 5) is 30.1. The van der Waals surface area contributed by atoms with Crippen LogP contribution in [0.25, 0.3) is 11.0 Å². The van der Waals surface area contributed by atoms with Gasteiger partial charge in [0, 0.05) is 5.56 Å². The van der Waals surface area contributed by atoms with Crippen LogP contribution in [-0.4, -0.2) is 23.3 Å². The zero-order valence-corrected chi connectivity index (χ0v) is 17.4. The summed E-state index contributed by atoms with van der Waals surface area (Å²) in [6, 6.07) is 21.8. The highest BCUT2D eigenvalue weighted by Crippen LogP contribution is 2.21. The molecule has 0 N–H and O–H groups in total. The Morgan fingerprint density at radius 2 is 1.59 bits per heavy atom. The maximum absolute atomic E-state index is 13.3. The van der Waals surface area contributed by atoms with Gasteiger partial charge in [0.25, 0.3) is 11.5 Å². The Kier molecular flexibility index (Phi) is 6.07. The SMILES string of the molecule is CCOc1ccc2nc(COC(=O)c3ccccc3)c(C(=O)c3ccccc3)[n+]([O-])c2c1. The minimum atomic E-state index is -0.574. The minimum Gasteiger partial charge on any atom is -0.618 e. The lowest BCUT2D eigenvalue weighted by molar-refractivity contribution is -0.580. The Morgan fingerprint density at radius 1 is 0.938 bits per heavy atom. The minimum absolute atomic E-state index is 0.0785. The van der Waals surface area contributed by atoms with E-state index in [-0.39, 0.29) is 23.5 Å². The van der Waals surface area contributed by atoms with Crippen LogP contribution in [0.1, 0.15) is 39.0 Å². The number of aromatic nitrogens is 2. The molecule has 0 radical (unpaired) electrons. The number of nitrogens with zero attached hydrogens (tertiary/aromatic N) is 2. The number of hydrogen-bond donors (Lipinski definition) is 0. The van der Waals surface area contributed by atoms with E-state index in [0.29, 0.717) is 33.7 Å². The van der Waals surface area contributed by atoms with Gasteiger partial charge in [0.1, 0.15) is 17.9 Å². The molecule has 1 aromatic heterocycles. The predicted molar refractivity (Wildman–Crippen MR) is 117 cm³/mol. The third kappa shape index (κ3) is 4.27. The van der Waals surface area contributed by atoms with E-state index in [9.17, 15) is 14.8 Å². The molecule has 3 aromatic carbocycles. The van der Waals surface area contributed by atoms with Crippen LogP contribution >= 0.6 is 0 Å². The molecule has 0 unspecified atom stereocenters. The third-order valence-electron chi connectivity index (χ3n) is 4.81. The Morgan fingerprint density at radius 3 is 2.25 bits per heavy atom. The van der Waals surface area contributed by atoms with Crippen molar-refractivity contribution in [2.24, 2.45) is 0 Å². The normalized spacial score (nSPS) is 10.7. The Hall–Kier alpha value is -4.26. The molecule has 0 bridgehead atoms. The van der Waals surface area contributed by atoms with Gasteiger partial charge in [-0.2, -0.15) is 4.73 Å². The summed E-state index contributed by atoms with van der Waals surface area (Å²) in [6.07, 6.45) is 0. The van der Waals surface area contributed by atoms with Crippen LogP contribution in [0.15, 0.2) is 78.9 Å². The number of benzene rings is 3. The van der Waals surface area contributed by atoms with Crippen LogP contribution in [0.2, 0.25) is 0 Å². The Bertz CT molecular complexity index is 1270. The van der Waals surface area contributed by atoms with Crippen molar-refractivity contribution < 1.29 is 23.8 Å². The molecule has 0 aliphatic carbocycles. The third-order valence-corrected chi connectivity index (χ3v) is 4.81. The van der Waals surface area contributed by atoms with E-state index in [1.807, 2.05) is 6.92 Å². The van der Waals surface area contributed by atoms with Crippen LogP contribution in [0, 0.1) is 5.21 Å². The molecule has 32 heavy (non-hydrogen) atoms. The van der Waals surface area contributed by atoms with Crippen molar-refractivity contribution in [2.75, 3.05) is 6.61 Å². The van der Waals surface area contributed by atoms with Gasteiger partial charge in [-0.1, -0.05) is 48.5 Å². The van der Waals surface area contributed by atoms with E-state index in [1.165, 1.54) is 0 Å². The number of rotatable bonds is 7. The number of carbonyl (C=O) groups is 2. The molecule has 0 spiro atoms. The van der Waals surface area contributed by atoms with Gasteiger partial charge in [-0.15, -0.1) is 0 Å². The molecule has 0 saturated carbocycles. The molecule has 0 aliphatic heterocycles. The van der Waals surface area contributed by atoms with Crippen molar-refractivity contribution in [3.05, 3.63) is 107 Å². The first kappa shape index (κ1) is 21.0. The fraction of sp³-hybridized carbons (Fsp3) is 0.120. The zero-order valence-electron chi connectivity index (χ0n) is 17.4. The van der Waals surface area contributed by atoms with Gasteiger partial charge in [0.15, 0.2) is 5.69 Å². The molecule has 7 nitrogen and oxygen atoms in total. The second-order valence-corrected chi connectivity index (χ2v) is 6.92. The monoisotopic (exact) mass is 428 g/mol. The maximum Gasteiger partial charge on any atom is 0.338 e. The lowest BCUT2D eigenvalue weighted by Gasteiger charge is -2.13. The summed E-state index contributed by atoms with van der Waals surface area (Å²) in [5, 5.41) is 13.3. The van der Waals surface area contributed by atoms with Crippen LogP contribution in [0.3, 0.4) is 0 Å². The first-order valence-electron chi connectivity index (χ1n) is 10.1. The molecular formula is C25H20N2O5. The summed E-state index contributed by atoms with van der Waals surface area (Å²) >= 11 is 0. The van der Waals surface area contributed by atoms with Crippen molar-refractivity contribution >= 4 is 22.8 Å². The fourth-order valence-electron chi connectivity index (χ4n) is 3.29. The number of hydrogen-bond acceptors (Lipinski definition) is 6. The van der Waals surface area contributed by atoms with Crippen molar-refractivity contribution in [2.45, 2.75) is 13.5 Å². The van der Waals surface area contributed by atoms with Gasteiger partial charge in [0.2, 0.25) is 5.52 Å². The lowest BCUT2D eigenvalue weighted by Crippen LogP contribution is -2.38. The van der Waals surface area contributed by atoms with Gasteiger partial charge in [-0.05, 0) is 31.2 Å². The number of carbonyl (C=O) groups excluding carboxylic acids is 2. The molecule has 160 valence electrons. The van der Waals surface area contributed by atoms with E-state index in [2.05, 4.69) is 4.98 Å². The summed E-state index contributed by atoms with van der Waals surface area (Å²) in [7, 11) is 0. The number of ketones is 1. The largest absolute Gasteiger partial charge is 0.618 e. The van der Waals surface area contributed by atoms with E-state index in [0.717, 1.165) is 0 Å². The van der Waals surface area contributed by atoms with Crippen LogP contribution < -0.4 is 9.47 Å². The summed E-state index contributed by atoms with van der Waals surface area (Å²) in [5.41, 5.74) is 1.12. The van der Waals surface area contributed by atoms with Gasteiger partial charge in [-0.3, -0.25) is 4.79 Å². The van der Waals surface area contributed by atoms with Crippen molar-refractivity contribution in [3.63, 3.8) is 0 Å². The van der Waals surface area contributed by atoms with Crippen molar-refractivity contribution in [3.8, 4) is 5.75 Å². The molecule has 0 saturated heterocycles. The molecule has 0 aliphatic rings. The smallest absolute Gasteiger partial charge is 0.338 e. The van der Waals surface area contributed by atoms with Gasteiger partial charge in [-0.25, -0.2) is 9.78 Å². The lowest BCUT2D eigenvalue weighted by atomic mass is 10.1. The standard InChI is InChI=1S/C25H20N2O5/c1-2-31-19-13-14-20-22(15-19)27(30)23(24(28)17-9-5-3-6-10-17)21(26-20)16-32-25(29)18-11-7-4-8-12-18/h3-15H,2,16H2,1H3. The van der Waals surface area contributed by atoms with Gasteiger partial charge >= 0.3 is 5.97 Å². The quantitative estimate of drug-likeness (QED) is 0.192. The zero-order chi connectivity index (χ0) is 22.5. The highest BCUT2D eigenvalue weighted by molar-refractivity contribution is 6.07. The van der Waals surface area contributed by atoms with Crippen molar-refractivity contribution in [1.82, 2.24) is 4.98 Å². The second kappa shape index (κ2) is 9.26. The highest BCUT2D eigenvalue weighted by atomic mass is 16.5. The van der Waals surface area contributed by atoms with E-state index in [4.69, 9.17) is 9.47 Å². The first-order chi connectivity index (χ1) is 15.6. The van der Waals surface area contributed by atoms with E-state index in [1.54, 1.807) is 78.9 Å². The van der Waals surface area contributed by atoms with Crippen molar-refractivity contribution in [1.29, 1.82) is 0 Å². The van der Waals surface area contributed by atoms with Gasteiger partial charge in [0.05, 0.1) is 18.2 Å². The summed E-state index contributed by atoms with van der Waals surface area (Å²) in [5.74, 6) is -0.593. The molecule has 0 atom stereocenters. The molecule has 7 heteroatoms. The van der Waals surface area contributed by atoms with E-state index < -0.39 is 11.8 Å². The molecule has 4 rings (SSSR count). The van der Waals surface area contributed by atoms with Crippen LogP contribution in [0.5, 0.6) is 5.75 Å². The molecule has 0 amide bonds. The molecule has 4 aromatic rings. The van der Waals surface area contributed by atoms with E-state index >= 15 is 0 Å². The Balaban J connectivity index is 1.78. The fourth-order valence-corrected chi connectivity index (χ4v) is 3.29. The molecular weight excluding hydrogens is 408 g/mol. The summed E-state index contributed by atoms with van der Waals surface area (Å²) < 4.78 is 11.4. The topological polar surface area (TPSA) is 92.4 Å². The maximum atomic E-state index is 13.3.